The lowest BCUT2D eigenvalue weighted by molar-refractivity contribution is 0.353. The molecule has 78 valence electrons. The zero-order valence-electron chi connectivity index (χ0n) is 7.28. The fraction of sp³-hybridized carbons (Fsp3) is 0.333. The third-order valence-electron chi connectivity index (χ3n) is 1.92. The van der Waals surface area contributed by atoms with Crippen LogP contribution in [0.1, 0.15) is 11.5 Å². The van der Waals surface area contributed by atoms with Gasteiger partial charge >= 0.3 is 0 Å². The lowest BCUT2D eigenvalue weighted by Crippen LogP contribution is -2.03. The molecule has 0 amide bonds. The Bertz CT molecular complexity index is 309. The standard InChI is InChI=1S/C9H10F2O2S/c10-5-8(6-11)7-1-3-9(4-2-7)14(12)13/h1-4,8H,5-6H2,(H,12,13)/p-1. The van der Waals surface area contributed by atoms with Gasteiger partial charge in [0.25, 0.3) is 0 Å². The van der Waals surface area contributed by atoms with E-state index in [1.54, 1.807) is 0 Å². The van der Waals surface area contributed by atoms with Crippen molar-refractivity contribution in [2.24, 2.45) is 0 Å². The van der Waals surface area contributed by atoms with Crippen LogP contribution >= 0.6 is 0 Å². The van der Waals surface area contributed by atoms with E-state index in [9.17, 15) is 17.5 Å². The second-order valence-corrected chi connectivity index (χ2v) is 3.75. The second-order valence-electron chi connectivity index (χ2n) is 2.81. The molecule has 0 heterocycles. The van der Waals surface area contributed by atoms with E-state index in [1.165, 1.54) is 24.3 Å². The number of benzene rings is 1. The van der Waals surface area contributed by atoms with Gasteiger partial charge in [-0.3, -0.25) is 13.0 Å². The van der Waals surface area contributed by atoms with E-state index >= 15 is 0 Å². The minimum Gasteiger partial charge on any atom is -0.768 e. The molecule has 1 unspecified atom stereocenters. The molecule has 0 N–H and O–H groups in total. The van der Waals surface area contributed by atoms with Crippen LogP contribution in [0, 0.1) is 0 Å². The highest BCUT2D eigenvalue weighted by atomic mass is 32.2. The van der Waals surface area contributed by atoms with Crippen molar-refractivity contribution in [2.45, 2.75) is 10.8 Å². The van der Waals surface area contributed by atoms with Gasteiger partial charge in [-0.05, 0) is 28.8 Å². The van der Waals surface area contributed by atoms with Crippen LogP contribution in [0.4, 0.5) is 8.78 Å². The molecule has 0 aliphatic carbocycles. The van der Waals surface area contributed by atoms with Gasteiger partial charge in [0.2, 0.25) is 0 Å². The van der Waals surface area contributed by atoms with Crippen LogP contribution in [-0.2, 0) is 11.1 Å². The molecule has 0 fully saturated rings. The van der Waals surface area contributed by atoms with E-state index in [4.69, 9.17) is 0 Å². The predicted molar refractivity (Wildman–Crippen MR) is 48.3 cm³/mol. The Morgan fingerprint density at radius 1 is 1.21 bits per heavy atom. The Balaban J connectivity index is 2.87. The molecule has 0 aliphatic rings. The summed E-state index contributed by atoms with van der Waals surface area (Å²) in [5, 5.41) is 0. The Labute approximate surface area is 83.2 Å². The summed E-state index contributed by atoms with van der Waals surface area (Å²) in [7, 11) is 0. The molecule has 1 rings (SSSR count). The first-order valence-electron chi connectivity index (χ1n) is 4.00. The fourth-order valence-corrected chi connectivity index (χ4v) is 1.43. The molecule has 0 radical (unpaired) electrons. The monoisotopic (exact) mass is 219 g/mol. The smallest absolute Gasteiger partial charge is 0.0988 e. The third-order valence-corrected chi connectivity index (χ3v) is 2.57. The second kappa shape index (κ2) is 5.17. The summed E-state index contributed by atoms with van der Waals surface area (Å²) in [5.41, 5.74) is 0.476. The maximum atomic E-state index is 12.2. The van der Waals surface area contributed by atoms with Gasteiger partial charge in [0.1, 0.15) is 0 Å². The van der Waals surface area contributed by atoms with Crippen molar-refractivity contribution in [2.75, 3.05) is 13.3 Å². The normalized spacial score (nSPS) is 13.1. The quantitative estimate of drug-likeness (QED) is 0.726. The Hall–Kier alpha value is -0.810. The first-order chi connectivity index (χ1) is 6.69. The van der Waals surface area contributed by atoms with Crippen molar-refractivity contribution >= 4 is 11.1 Å². The minimum atomic E-state index is -2.29. The van der Waals surface area contributed by atoms with Gasteiger partial charge in [-0.2, -0.15) is 0 Å². The third kappa shape index (κ3) is 2.59. The summed E-state index contributed by atoms with van der Waals surface area (Å²) in [5.74, 6) is -0.788. The zero-order valence-corrected chi connectivity index (χ0v) is 8.10. The van der Waals surface area contributed by atoms with Gasteiger partial charge in [0.05, 0.1) is 13.3 Å². The number of rotatable bonds is 4. The highest BCUT2D eigenvalue weighted by Crippen LogP contribution is 2.18. The van der Waals surface area contributed by atoms with Crippen LogP contribution in [-0.4, -0.2) is 22.1 Å². The van der Waals surface area contributed by atoms with Gasteiger partial charge in [-0.15, -0.1) is 0 Å². The molecule has 0 aromatic heterocycles. The average Bonchev–Trinajstić information content (AvgIpc) is 2.20. The van der Waals surface area contributed by atoms with Crippen LogP contribution in [0.2, 0.25) is 0 Å². The van der Waals surface area contributed by atoms with E-state index in [1.807, 2.05) is 0 Å². The molecule has 0 saturated carbocycles. The summed E-state index contributed by atoms with van der Waals surface area (Å²) in [6.07, 6.45) is 0. The highest BCUT2D eigenvalue weighted by molar-refractivity contribution is 7.79. The van der Waals surface area contributed by atoms with Gasteiger partial charge in [0.15, 0.2) is 0 Å². The van der Waals surface area contributed by atoms with Crippen molar-refractivity contribution in [1.82, 2.24) is 0 Å². The maximum absolute atomic E-state index is 12.2. The molecular weight excluding hydrogens is 210 g/mol. The average molecular weight is 219 g/mol. The van der Waals surface area contributed by atoms with Gasteiger partial charge in [0, 0.05) is 10.8 Å². The topological polar surface area (TPSA) is 40.1 Å². The van der Waals surface area contributed by atoms with E-state index in [0.717, 1.165) is 0 Å². The molecule has 1 aromatic rings. The summed E-state index contributed by atoms with van der Waals surface area (Å²) in [6.45, 7) is -1.56. The van der Waals surface area contributed by atoms with Crippen LogP contribution in [0.3, 0.4) is 0 Å². The van der Waals surface area contributed by atoms with Crippen molar-refractivity contribution in [3.63, 3.8) is 0 Å². The van der Waals surface area contributed by atoms with Crippen LogP contribution < -0.4 is 0 Å². The molecule has 1 aromatic carbocycles. The molecule has 2 nitrogen and oxygen atoms in total. The van der Waals surface area contributed by atoms with E-state index in [0.29, 0.717) is 5.56 Å². The first kappa shape index (κ1) is 11.3. The van der Waals surface area contributed by atoms with Crippen molar-refractivity contribution in [1.29, 1.82) is 0 Å². The van der Waals surface area contributed by atoms with Gasteiger partial charge in [-0.25, -0.2) is 0 Å². The lowest BCUT2D eigenvalue weighted by atomic mass is 10.0. The molecule has 14 heavy (non-hydrogen) atoms. The maximum Gasteiger partial charge on any atom is 0.0988 e. The van der Waals surface area contributed by atoms with Crippen molar-refractivity contribution < 1.29 is 17.5 Å². The number of hydrogen-bond acceptors (Lipinski definition) is 2. The largest absolute Gasteiger partial charge is 0.768 e. The van der Waals surface area contributed by atoms with Crippen LogP contribution in [0.15, 0.2) is 29.2 Å². The number of alkyl halides is 2. The van der Waals surface area contributed by atoms with E-state index in [2.05, 4.69) is 0 Å². The number of hydrogen-bond donors (Lipinski definition) is 0. The van der Waals surface area contributed by atoms with E-state index in [-0.39, 0.29) is 4.90 Å². The van der Waals surface area contributed by atoms with Gasteiger partial charge < -0.3 is 4.55 Å². The molecule has 1 atom stereocenters. The summed E-state index contributed by atoms with van der Waals surface area (Å²) >= 11 is -2.29. The summed E-state index contributed by atoms with van der Waals surface area (Å²) in [6, 6.07) is 5.51. The zero-order chi connectivity index (χ0) is 10.6. The highest BCUT2D eigenvalue weighted by Gasteiger charge is 2.10. The molecule has 0 spiro atoms. The summed E-state index contributed by atoms with van der Waals surface area (Å²) in [4.78, 5) is 0.116. The van der Waals surface area contributed by atoms with Crippen LogP contribution in [0.5, 0.6) is 0 Å². The molecular formula is C9H9F2O2S-. The first-order valence-corrected chi connectivity index (χ1v) is 5.07. The number of halogens is 2. The molecule has 5 heteroatoms. The van der Waals surface area contributed by atoms with Crippen LogP contribution in [0.25, 0.3) is 0 Å². The van der Waals surface area contributed by atoms with Gasteiger partial charge in [-0.1, -0.05) is 12.1 Å². The Morgan fingerprint density at radius 3 is 2.07 bits per heavy atom. The SMILES string of the molecule is O=S([O-])c1ccc(C(CF)CF)cc1. The summed E-state index contributed by atoms with van der Waals surface area (Å²) < 4.78 is 45.4. The minimum absolute atomic E-state index is 0.116. The van der Waals surface area contributed by atoms with Crippen molar-refractivity contribution in [3.8, 4) is 0 Å². The van der Waals surface area contributed by atoms with Crippen molar-refractivity contribution in [3.05, 3.63) is 29.8 Å². The lowest BCUT2D eigenvalue weighted by Gasteiger charge is -2.10. The molecule has 0 aliphatic heterocycles. The fourth-order valence-electron chi connectivity index (χ4n) is 1.07. The molecule has 0 saturated heterocycles. The molecule has 0 bridgehead atoms. The van der Waals surface area contributed by atoms with E-state index < -0.39 is 30.3 Å². The Morgan fingerprint density at radius 2 is 1.71 bits per heavy atom. The Kier molecular flexibility index (Phi) is 4.16. The predicted octanol–water partition coefficient (Wildman–Crippen LogP) is 1.95.